The van der Waals surface area contributed by atoms with Gasteiger partial charge in [-0.05, 0) is 31.1 Å². The highest BCUT2D eigenvalue weighted by Crippen LogP contribution is 2.27. The van der Waals surface area contributed by atoms with E-state index in [0.29, 0.717) is 25.6 Å². The number of rotatable bonds is 11. The van der Waals surface area contributed by atoms with E-state index >= 15 is 0 Å². The summed E-state index contributed by atoms with van der Waals surface area (Å²) in [6.07, 6.45) is 4.57. The van der Waals surface area contributed by atoms with E-state index in [1.54, 1.807) is 22.1 Å². The van der Waals surface area contributed by atoms with E-state index in [4.69, 9.17) is 4.74 Å². The minimum absolute atomic E-state index is 0.0219. The van der Waals surface area contributed by atoms with E-state index in [1.165, 1.54) is 16.9 Å². The third kappa shape index (κ3) is 5.66. The van der Waals surface area contributed by atoms with Crippen molar-refractivity contribution in [1.82, 2.24) is 14.9 Å². The number of hydrogen-bond donors (Lipinski definition) is 1. The fourth-order valence-corrected chi connectivity index (χ4v) is 4.53. The molecule has 1 unspecified atom stereocenters. The number of fused-ring (bicyclic) bond motifs is 1. The number of nitrogens with zero attached hydrogens (tertiary/aromatic N) is 3. The normalized spacial score (nSPS) is 14.5. The van der Waals surface area contributed by atoms with Crippen molar-refractivity contribution < 1.29 is 23.1 Å². The molecule has 40 heavy (non-hydrogen) atoms. The third-order valence-electron chi connectivity index (χ3n) is 6.55. The van der Waals surface area contributed by atoms with Gasteiger partial charge >= 0.3 is 0 Å². The molecule has 208 valence electrons. The van der Waals surface area contributed by atoms with Crippen molar-refractivity contribution in [3.8, 4) is 5.75 Å². The molecule has 0 bridgehead atoms. The van der Waals surface area contributed by atoms with Crippen molar-refractivity contribution in [1.29, 1.82) is 0 Å². The molecule has 0 spiro atoms. The molecule has 1 atom stereocenters. The Bertz CT molecular complexity index is 1490. The van der Waals surface area contributed by atoms with Gasteiger partial charge in [0.15, 0.2) is 11.4 Å². The largest absolute Gasteiger partial charge is 0.482 e. The first kappa shape index (κ1) is 28.3. The zero-order valence-corrected chi connectivity index (χ0v) is 22.1. The predicted octanol–water partition coefficient (Wildman–Crippen LogP) is 4.14. The predicted molar refractivity (Wildman–Crippen MR) is 148 cm³/mol. The van der Waals surface area contributed by atoms with Gasteiger partial charge in [-0.1, -0.05) is 49.1 Å². The second kappa shape index (κ2) is 12.4. The Kier molecular flexibility index (Phi) is 8.78. The van der Waals surface area contributed by atoms with Crippen LogP contribution in [-0.2, 0) is 13.2 Å². The van der Waals surface area contributed by atoms with Gasteiger partial charge in [-0.2, -0.15) is 0 Å². The molecule has 4 rings (SSSR count). The molecule has 2 aromatic carbocycles. The molecule has 1 aromatic heterocycles. The molecular weight excluding hydrogens is 518 g/mol. The van der Waals surface area contributed by atoms with Crippen LogP contribution >= 0.6 is 0 Å². The molecule has 10 heteroatoms. The number of amides is 2. The van der Waals surface area contributed by atoms with Crippen molar-refractivity contribution in [2.24, 2.45) is 0 Å². The number of benzene rings is 2. The summed E-state index contributed by atoms with van der Waals surface area (Å²) in [5.74, 6) is -3.12. The van der Waals surface area contributed by atoms with Crippen molar-refractivity contribution in [2.75, 3.05) is 18.1 Å². The topological polar surface area (TPSA) is 83.9 Å². The quantitative estimate of drug-likeness (QED) is 0.364. The van der Waals surface area contributed by atoms with Gasteiger partial charge in [0.25, 0.3) is 11.8 Å². The average Bonchev–Trinajstić information content (AvgIpc) is 2.95. The number of carbonyl (C=O) groups excluding carboxylic acids is 2. The van der Waals surface area contributed by atoms with Crippen LogP contribution in [0.15, 0.2) is 84.8 Å². The lowest BCUT2D eigenvalue weighted by Crippen LogP contribution is -2.61. The van der Waals surface area contributed by atoms with Gasteiger partial charge in [-0.25, -0.2) is 8.78 Å². The van der Waals surface area contributed by atoms with E-state index in [-0.39, 0.29) is 35.7 Å². The summed E-state index contributed by atoms with van der Waals surface area (Å²) in [6, 6.07) is 12.1. The summed E-state index contributed by atoms with van der Waals surface area (Å²) in [5, 5.41) is 4.31. The first-order chi connectivity index (χ1) is 19.3. The number of likely N-dealkylation sites (N-methyl/N-ethyl adjacent to an activating group) is 1. The van der Waals surface area contributed by atoms with Crippen LogP contribution < -0.4 is 20.5 Å². The van der Waals surface area contributed by atoms with E-state index in [1.807, 2.05) is 37.3 Å². The average molecular weight is 549 g/mol. The third-order valence-corrected chi connectivity index (χ3v) is 6.55. The van der Waals surface area contributed by atoms with Crippen LogP contribution in [0, 0.1) is 11.6 Å². The Labute approximate surface area is 230 Å². The smallest absolute Gasteiger partial charge is 0.278 e. The van der Waals surface area contributed by atoms with Gasteiger partial charge in [0.05, 0.1) is 0 Å². The van der Waals surface area contributed by atoms with Crippen molar-refractivity contribution >= 4 is 11.8 Å². The van der Waals surface area contributed by atoms with Crippen LogP contribution in [0.5, 0.6) is 5.75 Å². The number of pyridine rings is 1. The molecule has 1 aliphatic rings. The second-order valence-corrected chi connectivity index (χ2v) is 9.07. The highest BCUT2D eigenvalue weighted by atomic mass is 19.1. The molecule has 1 aliphatic heterocycles. The molecule has 0 fully saturated rings. The molecule has 3 aromatic rings. The maximum absolute atomic E-state index is 14.2. The minimum atomic E-state index is -0.830. The van der Waals surface area contributed by atoms with Gasteiger partial charge in [-0.3, -0.25) is 24.1 Å². The van der Waals surface area contributed by atoms with E-state index in [0.717, 1.165) is 11.6 Å². The summed E-state index contributed by atoms with van der Waals surface area (Å²) in [6.45, 7) is 9.89. The number of aromatic nitrogens is 1. The van der Waals surface area contributed by atoms with Crippen LogP contribution in [0.3, 0.4) is 0 Å². The maximum Gasteiger partial charge on any atom is 0.278 e. The highest BCUT2D eigenvalue weighted by molar-refractivity contribution is 5.99. The van der Waals surface area contributed by atoms with Gasteiger partial charge in [0.2, 0.25) is 5.43 Å². The van der Waals surface area contributed by atoms with Gasteiger partial charge < -0.3 is 15.0 Å². The van der Waals surface area contributed by atoms with E-state index < -0.39 is 35.0 Å². The Morgan fingerprint density at radius 3 is 2.52 bits per heavy atom. The zero-order chi connectivity index (χ0) is 28.8. The number of ether oxygens (including phenoxy) is 1. The summed E-state index contributed by atoms with van der Waals surface area (Å²) in [5.41, 5.74) is -0.319. The van der Waals surface area contributed by atoms with Gasteiger partial charge in [-0.15, -0.1) is 6.58 Å². The first-order valence-corrected chi connectivity index (χ1v) is 12.8. The Balaban J connectivity index is 1.81. The lowest BCUT2D eigenvalue weighted by molar-refractivity contribution is 0.0628. The summed E-state index contributed by atoms with van der Waals surface area (Å²) in [7, 11) is 0. The van der Waals surface area contributed by atoms with Crippen LogP contribution in [0.1, 0.15) is 45.3 Å². The monoisotopic (exact) mass is 548 g/mol. The standard InChI is InChI=1S/C30H30F2N4O4/c1-4-7-15-35-25(5-2)34(6-3)30(39)26-28(40-19-20-11-9-8-10-12-20)27(37)23(18-36(26)35)29(38)33-17-21-13-14-22(31)16-24(21)32/h4-5,8-14,16,18,25H,1-2,6-7,15,17,19H2,3H3,(H,33,38). The molecule has 0 radical (unpaired) electrons. The van der Waals surface area contributed by atoms with Gasteiger partial charge in [0, 0.05) is 37.5 Å². The van der Waals surface area contributed by atoms with Crippen LogP contribution in [0.4, 0.5) is 8.78 Å². The Morgan fingerprint density at radius 2 is 1.88 bits per heavy atom. The lowest BCUT2D eigenvalue weighted by Gasteiger charge is -2.45. The number of carbonyl (C=O) groups is 2. The summed E-state index contributed by atoms with van der Waals surface area (Å²) < 4.78 is 34.9. The Hall–Kier alpha value is -4.73. The SMILES string of the molecule is C=CCCN1C(C=C)N(CC)C(=O)c2c(OCc3ccccc3)c(=O)c(C(=O)NCc3ccc(F)cc3F)cn21. The van der Waals surface area contributed by atoms with E-state index in [9.17, 15) is 23.2 Å². The molecular formula is C30H30F2N4O4. The molecule has 0 aliphatic carbocycles. The molecule has 8 nitrogen and oxygen atoms in total. The zero-order valence-electron chi connectivity index (χ0n) is 22.1. The maximum atomic E-state index is 14.2. The molecule has 0 saturated carbocycles. The van der Waals surface area contributed by atoms with Crippen LogP contribution in [0.25, 0.3) is 0 Å². The van der Waals surface area contributed by atoms with Gasteiger partial charge in [0.1, 0.15) is 30.0 Å². The molecule has 0 saturated heterocycles. The fraction of sp³-hybridized carbons (Fsp3) is 0.233. The molecule has 2 amide bonds. The Morgan fingerprint density at radius 1 is 1.12 bits per heavy atom. The van der Waals surface area contributed by atoms with Crippen LogP contribution in [-0.4, -0.2) is 40.6 Å². The highest BCUT2D eigenvalue weighted by Gasteiger charge is 2.39. The van der Waals surface area contributed by atoms with Crippen LogP contribution in [0.2, 0.25) is 0 Å². The number of hydrogen-bond acceptors (Lipinski definition) is 5. The van der Waals surface area contributed by atoms with Crippen molar-refractivity contribution in [3.63, 3.8) is 0 Å². The molecule has 1 N–H and O–H groups in total. The van der Waals surface area contributed by atoms with Crippen molar-refractivity contribution in [3.05, 3.63) is 124 Å². The number of nitrogens with one attached hydrogen (secondary N) is 1. The summed E-state index contributed by atoms with van der Waals surface area (Å²) >= 11 is 0. The second-order valence-electron chi connectivity index (χ2n) is 9.07. The lowest BCUT2D eigenvalue weighted by atomic mass is 10.1. The first-order valence-electron chi connectivity index (χ1n) is 12.8. The molecule has 2 heterocycles. The number of halogens is 2. The van der Waals surface area contributed by atoms with E-state index in [2.05, 4.69) is 18.5 Å². The fourth-order valence-electron chi connectivity index (χ4n) is 4.53. The minimum Gasteiger partial charge on any atom is -0.482 e. The summed E-state index contributed by atoms with van der Waals surface area (Å²) in [4.78, 5) is 42.2. The van der Waals surface area contributed by atoms with Crippen molar-refractivity contribution in [2.45, 2.75) is 32.7 Å².